The lowest BCUT2D eigenvalue weighted by atomic mass is 10.3. The summed E-state index contributed by atoms with van der Waals surface area (Å²) in [7, 11) is 0. The SMILES string of the molecule is CCC[NH+]=Cc1c(N)nc(Cl)nc1Cl. The topological polar surface area (TPSA) is 65.8 Å². The Morgan fingerprint density at radius 3 is 2.71 bits per heavy atom. The summed E-state index contributed by atoms with van der Waals surface area (Å²) in [6.07, 6.45) is 2.71. The molecule has 0 amide bonds. The van der Waals surface area contributed by atoms with E-state index < -0.39 is 0 Å². The van der Waals surface area contributed by atoms with Gasteiger partial charge in [0.15, 0.2) is 6.21 Å². The van der Waals surface area contributed by atoms with Crippen LogP contribution in [-0.4, -0.2) is 22.7 Å². The van der Waals surface area contributed by atoms with E-state index in [0.29, 0.717) is 5.56 Å². The molecule has 6 heteroatoms. The molecule has 0 radical (unpaired) electrons. The first-order chi connectivity index (χ1) is 6.65. The van der Waals surface area contributed by atoms with Crippen LogP contribution in [0.2, 0.25) is 10.4 Å². The highest BCUT2D eigenvalue weighted by Crippen LogP contribution is 2.17. The van der Waals surface area contributed by atoms with Crippen LogP contribution in [0, 0.1) is 0 Å². The van der Waals surface area contributed by atoms with Gasteiger partial charge in [-0.25, -0.2) is 15.0 Å². The van der Waals surface area contributed by atoms with E-state index in [0.717, 1.165) is 13.0 Å². The van der Waals surface area contributed by atoms with E-state index in [-0.39, 0.29) is 16.3 Å². The quantitative estimate of drug-likeness (QED) is 0.448. The summed E-state index contributed by atoms with van der Waals surface area (Å²) in [4.78, 5) is 10.6. The van der Waals surface area contributed by atoms with Crippen LogP contribution in [0.1, 0.15) is 18.9 Å². The van der Waals surface area contributed by atoms with Crippen molar-refractivity contribution in [3.63, 3.8) is 0 Å². The van der Waals surface area contributed by atoms with Gasteiger partial charge in [0, 0.05) is 6.42 Å². The van der Waals surface area contributed by atoms with E-state index in [4.69, 9.17) is 28.9 Å². The van der Waals surface area contributed by atoms with E-state index in [2.05, 4.69) is 21.9 Å². The van der Waals surface area contributed by atoms with Crippen molar-refractivity contribution in [3.05, 3.63) is 16.0 Å². The number of nitrogens with two attached hydrogens (primary N) is 1. The molecule has 0 fully saturated rings. The lowest BCUT2D eigenvalue weighted by Gasteiger charge is -1.98. The average Bonchev–Trinajstić information content (AvgIpc) is 2.09. The molecule has 1 aromatic rings. The monoisotopic (exact) mass is 233 g/mol. The van der Waals surface area contributed by atoms with E-state index in [9.17, 15) is 0 Å². The van der Waals surface area contributed by atoms with Gasteiger partial charge in [0.1, 0.15) is 23.1 Å². The molecule has 0 aliphatic carbocycles. The Bertz CT molecular complexity index is 328. The molecule has 0 saturated carbocycles. The number of anilines is 1. The molecule has 0 saturated heterocycles. The van der Waals surface area contributed by atoms with Crippen LogP contribution in [0.4, 0.5) is 5.82 Å². The third kappa shape index (κ3) is 2.82. The zero-order chi connectivity index (χ0) is 10.6. The van der Waals surface area contributed by atoms with Crippen LogP contribution in [-0.2, 0) is 0 Å². The summed E-state index contributed by atoms with van der Waals surface area (Å²) in [5, 5.41) is 0.311. The smallest absolute Gasteiger partial charge is 0.225 e. The molecule has 76 valence electrons. The first-order valence-electron chi connectivity index (χ1n) is 4.20. The molecule has 0 aliphatic rings. The zero-order valence-corrected chi connectivity index (χ0v) is 9.23. The Hall–Kier alpha value is -0.870. The summed E-state index contributed by atoms with van der Waals surface area (Å²) in [6.45, 7) is 2.91. The summed E-state index contributed by atoms with van der Waals surface area (Å²) < 4.78 is 0. The van der Waals surface area contributed by atoms with E-state index in [1.165, 1.54) is 0 Å². The number of nitrogen functional groups attached to an aromatic ring is 1. The normalized spacial score (nSPS) is 11.1. The van der Waals surface area contributed by atoms with E-state index >= 15 is 0 Å². The van der Waals surface area contributed by atoms with E-state index in [1.54, 1.807) is 6.21 Å². The largest absolute Gasteiger partial charge is 0.383 e. The highest BCUT2D eigenvalue weighted by Gasteiger charge is 2.09. The van der Waals surface area contributed by atoms with Crippen molar-refractivity contribution in [2.75, 3.05) is 12.3 Å². The number of hydrogen-bond acceptors (Lipinski definition) is 3. The van der Waals surface area contributed by atoms with Gasteiger partial charge in [-0.1, -0.05) is 18.5 Å². The molecule has 0 atom stereocenters. The van der Waals surface area contributed by atoms with Crippen LogP contribution in [0.15, 0.2) is 0 Å². The molecule has 4 nitrogen and oxygen atoms in total. The number of rotatable bonds is 3. The van der Waals surface area contributed by atoms with Crippen LogP contribution >= 0.6 is 23.2 Å². The summed E-state index contributed by atoms with van der Waals surface area (Å²) >= 11 is 11.4. The van der Waals surface area contributed by atoms with Gasteiger partial charge in [0.2, 0.25) is 5.28 Å². The number of aromatic nitrogens is 2. The Balaban J connectivity index is 2.96. The highest BCUT2D eigenvalue weighted by atomic mass is 35.5. The second-order valence-electron chi connectivity index (χ2n) is 2.68. The van der Waals surface area contributed by atoms with Crippen LogP contribution in [0.3, 0.4) is 0 Å². The van der Waals surface area contributed by atoms with Gasteiger partial charge < -0.3 is 5.73 Å². The lowest BCUT2D eigenvalue weighted by molar-refractivity contribution is -0.451. The van der Waals surface area contributed by atoms with Gasteiger partial charge in [-0.3, -0.25) is 0 Å². The summed E-state index contributed by atoms with van der Waals surface area (Å²) in [6, 6.07) is 0. The molecule has 1 rings (SSSR count). The molecular formula is C8H11Cl2N4+. The maximum atomic E-state index is 5.83. The third-order valence-electron chi connectivity index (χ3n) is 1.54. The van der Waals surface area contributed by atoms with Crippen molar-refractivity contribution in [1.82, 2.24) is 9.97 Å². The summed E-state index contributed by atoms with van der Waals surface area (Å²) in [5.41, 5.74) is 6.19. The fraction of sp³-hybridized carbons (Fsp3) is 0.375. The van der Waals surface area contributed by atoms with Crippen molar-refractivity contribution in [2.45, 2.75) is 13.3 Å². The van der Waals surface area contributed by atoms with Crippen molar-refractivity contribution in [1.29, 1.82) is 0 Å². The number of hydrogen-bond donors (Lipinski definition) is 2. The standard InChI is InChI=1S/C8H10Cl2N4/c1-2-3-12-4-5-6(9)13-8(10)14-7(5)11/h4H,2-3H2,1H3,(H2,11,13,14)/p+1. The predicted octanol–water partition coefficient (Wildman–Crippen LogP) is 0.275. The molecule has 1 aromatic heterocycles. The van der Waals surface area contributed by atoms with Crippen LogP contribution in [0.25, 0.3) is 0 Å². The van der Waals surface area contributed by atoms with Gasteiger partial charge in [-0.15, -0.1) is 0 Å². The molecule has 0 aliphatic heterocycles. The minimum absolute atomic E-state index is 0.0557. The Labute approximate surface area is 92.2 Å². The maximum Gasteiger partial charge on any atom is 0.225 e. The fourth-order valence-electron chi connectivity index (χ4n) is 0.884. The first-order valence-corrected chi connectivity index (χ1v) is 4.96. The Kier molecular flexibility index (Phi) is 4.10. The zero-order valence-electron chi connectivity index (χ0n) is 7.72. The molecule has 14 heavy (non-hydrogen) atoms. The molecule has 0 aromatic carbocycles. The minimum Gasteiger partial charge on any atom is -0.383 e. The summed E-state index contributed by atoms with van der Waals surface area (Å²) in [5.74, 6) is 0.276. The molecule has 0 bridgehead atoms. The van der Waals surface area contributed by atoms with Gasteiger partial charge in [-0.05, 0) is 11.6 Å². The second-order valence-corrected chi connectivity index (χ2v) is 3.38. The van der Waals surface area contributed by atoms with Crippen LogP contribution in [0.5, 0.6) is 0 Å². The van der Waals surface area contributed by atoms with Crippen molar-refractivity contribution in [2.24, 2.45) is 0 Å². The van der Waals surface area contributed by atoms with Gasteiger partial charge in [0.05, 0.1) is 0 Å². The number of halogens is 2. The Morgan fingerprint density at radius 1 is 1.43 bits per heavy atom. The predicted molar refractivity (Wildman–Crippen MR) is 57.8 cm³/mol. The van der Waals surface area contributed by atoms with Crippen molar-refractivity contribution >= 4 is 35.2 Å². The molecule has 0 unspecified atom stereocenters. The molecular weight excluding hydrogens is 223 g/mol. The van der Waals surface area contributed by atoms with Gasteiger partial charge in [-0.2, -0.15) is 0 Å². The van der Waals surface area contributed by atoms with E-state index in [1.807, 2.05) is 0 Å². The van der Waals surface area contributed by atoms with Crippen LogP contribution < -0.4 is 10.7 Å². The van der Waals surface area contributed by atoms with Gasteiger partial charge >= 0.3 is 0 Å². The van der Waals surface area contributed by atoms with Crippen molar-refractivity contribution in [3.8, 4) is 0 Å². The van der Waals surface area contributed by atoms with Gasteiger partial charge in [0.25, 0.3) is 0 Å². The van der Waals surface area contributed by atoms with Crippen molar-refractivity contribution < 1.29 is 4.99 Å². The minimum atomic E-state index is 0.0557. The molecule has 0 spiro atoms. The molecule has 3 N–H and O–H groups in total. The highest BCUT2D eigenvalue weighted by molar-refractivity contribution is 6.34. The Morgan fingerprint density at radius 2 is 2.14 bits per heavy atom. The second kappa shape index (κ2) is 5.12. The molecule has 1 heterocycles. The number of nitrogens with one attached hydrogen (secondary N) is 1. The fourth-order valence-corrected chi connectivity index (χ4v) is 1.33. The average molecular weight is 234 g/mol. The number of nitrogens with zero attached hydrogens (tertiary/aromatic N) is 2. The maximum absolute atomic E-state index is 5.83. The first kappa shape index (κ1) is 11.2. The lowest BCUT2D eigenvalue weighted by Crippen LogP contribution is -2.69. The third-order valence-corrected chi connectivity index (χ3v) is 2.00.